The Kier molecular flexibility index (Phi) is 1.61. The first-order valence-electron chi connectivity index (χ1n) is 3.19. The summed E-state index contributed by atoms with van der Waals surface area (Å²) in [6.07, 6.45) is 0. The van der Waals surface area contributed by atoms with Gasteiger partial charge in [0.05, 0.1) is 0 Å². The minimum atomic E-state index is 0.206. The number of nitrogen functional groups attached to an aromatic ring is 1. The monoisotopic (exact) mass is 228 g/mol. The number of aromatic amines is 1. The summed E-state index contributed by atoms with van der Waals surface area (Å²) in [7, 11) is 0. The molecule has 0 spiro atoms. The highest BCUT2D eigenvalue weighted by atomic mass is 79.9. The molecule has 62 valence electrons. The van der Waals surface area contributed by atoms with Gasteiger partial charge in [0, 0.05) is 0 Å². The van der Waals surface area contributed by atoms with Gasteiger partial charge in [0.15, 0.2) is 16.3 Å². The Morgan fingerprint density at radius 1 is 1.50 bits per heavy atom. The number of nitrogens with two attached hydrogens (primary N) is 1. The number of rotatable bonds is 1. The summed E-state index contributed by atoms with van der Waals surface area (Å²) in [6, 6.07) is 3.54. The average Bonchev–Trinajstić information content (AvgIpc) is 2.58. The molecule has 0 amide bonds. The summed E-state index contributed by atoms with van der Waals surface area (Å²) in [4.78, 5) is 3.89. The Bertz CT molecular complexity index is 355. The lowest BCUT2D eigenvalue weighted by atomic mass is 10.4. The molecule has 0 bridgehead atoms. The number of nitrogens with zero attached hydrogens (tertiary/aromatic N) is 2. The van der Waals surface area contributed by atoms with Crippen LogP contribution in [0.3, 0.4) is 0 Å². The third-order valence-electron chi connectivity index (χ3n) is 1.31. The fourth-order valence-corrected chi connectivity index (χ4v) is 1.13. The van der Waals surface area contributed by atoms with E-state index in [0.717, 1.165) is 0 Å². The van der Waals surface area contributed by atoms with Crippen LogP contribution < -0.4 is 5.73 Å². The Labute approximate surface area is 76.1 Å². The molecule has 0 aliphatic carbocycles. The fraction of sp³-hybridized carbons (Fsp3) is 0. The van der Waals surface area contributed by atoms with Crippen LogP contribution in [0.4, 0.5) is 5.95 Å². The van der Waals surface area contributed by atoms with Crippen molar-refractivity contribution >= 4 is 21.9 Å². The Morgan fingerprint density at radius 2 is 2.33 bits per heavy atom. The van der Waals surface area contributed by atoms with Crippen molar-refractivity contribution in [1.82, 2.24) is 15.2 Å². The third kappa shape index (κ3) is 1.20. The van der Waals surface area contributed by atoms with Crippen LogP contribution in [0, 0.1) is 0 Å². The normalized spacial score (nSPS) is 10.4. The Hall–Kier alpha value is -1.30. The number of anilines is 1. The first-order chi connectivity index (χ1) is 5.75. The maximum absolute atomic E-state index is 5.32. The molecule has 12 heavy (non-hydrogen) atoms. The van der Waals surface area contributed by atoms with E-state index in [2.05, 4.69) is 31.1 Å². The lowest BCUT2D eigenvalue weighted by molar-refractivity contribution is 0.551. The topological polar surface area (TPSA) is 80.7 Å². The predicted molar refractivity (Wildman–Crippen MR) is 46.2 cm³/mol. The fourth-order valence-electron chi connectivity index (χ4n) is 0.827. The Morgan fingerprint density at radius 3 is 2.83 bits per heavy atom. The molecule has 0 fully saturated rings. The quantitative estimate of drug-likeness (QED) is 0.774. The molecule has 2 aromatic rings. The number of nitrogens with one attached hydrogen (secondary N) is 1. The molecule has 0 saturated heterocycles. The molecule has 0 aliphatic heterocycles. The van der Waals surface area contributed by atoms with Crippen LogP contribution in [0.5, 0.6) is 0 Å². The van der Waals surface area contributed by atoms with Crippen LogP contribution in [-0.2, 0) is 0 Å². The molecule has 2 rings (SSSR count). The number of hydrogen-bond donors (Lipinski definition) is 2. The van der Waals surface area contributed by atoms with Crippen molar-refractivity contribution in [2.24, 2.45) is 0 Å². The van der Waals surface area contributed by atoms with Crippen LogP contribution in [0.2, 0.25) is 0 Å². The van der Waals surface area contributed by atoms with Gasteiger partial charge in [-0.1, -0.05) is 0 Å². The van der Waals surface area contributed by atoms with Gasteiger partial charge in [-0.05, 0) is 28.1 Å². The second-order valence-electron chi connectivity index (χ2n) is 2.15. The summed E-state index contributed by atoms with van der Waals surface area (Å²) >= 11 is 3.18. The predicted octanol–water partition coefficient (Wildman–Crippen LogP) is 1.41. The van der Waals surface area contributed by atoms with E-state index in [-0.39, 0.29) is 5.95 Å². The maximum Gasteiger partial charge on any atom is 0.239 e. The van der Waals surface area contributed by atoms with E-state index >= 15 is 0 Å². The van der Waals surface area contributed by atoms with Gasteiger partial charge in [-0.25, -0.2) is 0 Å². The van der Waals surface area contributed by atoms with Crippen molar-refractivity contribution in [3.63, 3.8) is 0 Å². The van der Waals surface area contributed by atoms with E-state index < -0.39 is 0 Å². The van der Waals surface area contributed by atoms with Crippen molar-refractivity contribution in [3.05, 3.63) is 16.8 Å². The largest absolute Gasteiger partial charge is 0.446 e. The van der Waals surface area contributed by atoms with Crippen LogP contribution in [-0.4, -0.2) is 15.2 Å². The minimum absolute atomic E-state index is 0.206. The summed E-state index contributed by atoms with van der Waals surface area (Å²) in [5, 5.41) is 6.30. The number of hydrogen-bond acceptors (Lipinski definition) is 4. The zero-order valence-corrected chi connectivity index (χ0v) is 7.50. The molecule has 0 unspecified atom stereocenters. The number of halogens is 1. The minimum Gasteiger partial charge on any atom is -0.446 e. The molecule has 6 heteroatoms. The van der Waals surface area contributed by atoms with E-state index in [1.54, 1.807) is 12.1 Å². The molecule has 0 aromatic carbocycles. The van der Waals surface area contributed by atoms with Crippen molar-refractivity contribution in [3.8, 4) is 11.6 Å². The standard InChI is InChI=1S/C6H5BrN4O/c7-4-2-1-3(12-4)5-9-6(8)11-10-5/h1-2H,(H3,8,9,10,11). The lowest BCUT2D eigenvalue weighted by Crippen LogP contribution is -1.85. The molecule has 5 nitrogen and oxygen atoms in total. The molecular weight excluding hydrogens is 224 g/mol. The molecule has 0 saturated carbocycles. The van der Waals surface area contributed by atoms with Crippen molar-refractivity contribution in [2.75, 3.05) is 5.73 Å². The number of furan rings is 1. The third-order valence-corrected chi connectivity index (χ3v) is 1.74. The highest BCUT2D eigenvalue weighted by Gasteiger charge is 2.06. The molecule has 0 radical (unpaired) electrons. The summed E-state index contributed by atoms with van der Waals surface area (Å²) < 4.78 is 5.86. The van der Waals surface area contributed by atoms with Gasteiger partial charge in [0.1, 0.15) is 0 Å². The molecule has 2 aromatic heterocycles. The van der Waals surface area contributed by atoms with Gasteiger partial charge in [0.2, 0.25) is 5.95 Å². The van der Waals surface area contributed by atoms with Gasteiger partial charge >= 0.3 is 0 Å². The van der Waals surface area contributed by atoms with E-state index in [9.17, 15) is 0 Å². The first-order valence-corrected chi connectivity index (χ1v) is 3.98. The van der Waals surface area contributed by atoms with Gasteiger partial charge in [-0.3, -0.25) is 5.10 Å². The molecule has 3 N–H and O–H groups in total. The van der Waals surface area contributed by atoms with Crippen molar-refractivity contribution in [1.29, 1.82) is 0 Å². The molecular formula is C6H5BrN4O. The van der Waals surface area contributed by atoms with Crippen LogP contribution in [0.25, 0.3) is 11.6 Å². The zero-order valence-electron chi connectivity index (χ0n) is 5.91. The zero-order chi connectivity index (χ0) is 8.55. The Balaban J connectivity index is 2.43. The van der Waals surface area contributed by atoms with Gasteiger partial charge in [0.25, 0.3) is 0 Å². The second-order valence-corrected chi connectivity index (χ2v) is 2.93. The van der Waals surface area contributed by atoms with Gasteiger partial charge in [-0.2, -0.15) is 4.98 Å². The maximum atomic E-state index is 5.32. The van der Waals surface area contributed by atoms with Crippen LogP contribution in [0.15, 0.2) is 21.2 Å². The van der Waals surface area contributed by atoms with E-state index in [1.807, 2.05) is 0 Å². The second kappa shape index (κ2) is 2.63. The number of H-pyrrole nitrogens is 1. The van der Waals surface area contributed by atoms with E-state index in [1.165, 1.54) is 0 Å². The summed E-state index contributed by atoms with van der Waals surface area (Å²) in [5.41, 5.74) is 5.32. The molecule has 0 atom stereocenters. The SMILES string of the molecule is Nc1n[nH]c(-c2ccc(Br)o2)n1. The number of aromatic nitrogens is 3. The van der Waals surface area contributed by atoms with Crippen LogP contribution in [0.1, 0.15) is 0 Å². The molecule has 0 aliphatic rings. The van der Waals surface area contributed by atoms with Crippen molar-refractivity contribution in [2.45, 2.75) is 0 Å². The van der Waals surface area contributed by atoms with Gasteiger partial charge < -0.3 is 10.2 Å². The van der Waals surface area contributed by atoms with Crippen LogP contribution >= 0.6 is 15.9 Å². The molecule has 2 heterocycles. The highest BCUT2D eigenvalue weighted by molar-refractivity contribution is 9.10. The highest BCUT2D eigenvalue weighted by Crippen LogP contribution is 2.21. The summed E-state index contributed by atoms with van der Waals surface area (Å²) in [5.74, 6) is 1.33. The lowest BCUT2D eigenvalue weighted by Gasteiger charge is -1.85. The average molecular weight is 229 g/mol. The first kappa shape index (κ1) is 7.35. The van der Waals surface area contributed by atoms with Gasteiger partial charge in [-0.15, -0.1) is 5.10 Å². The smallest absolute Gasteiger partial charge is 0.239 e. The van der Waals surface area contributed by atoms with E-state index in [4.69, 9.17) is 10.2 Å². The van der Waals surface area contributed by atoms with E-state index in [0.29, 0.717) is 16.3 Å². The van der Waals surface area contributed by atoms with Crippen molar-refractivity contribution < 1.29 is 4.42 Å². The summed E-state index contributed by atoms with van der Waals surface area (Å²) in [6.45, 7) is 0.